The van der Waals surface area contributed by atoms with E-state index < -0.39 is 5.97 Å². The lowest BCUT2D eigenvalue weighted by Crippen LogP contribution is -2.15. The molecule has 0 atom stereocenters. The summed E-state index contributed by atoms with van der Waals surface area (Å²) in [6.07, 6.45) is 0. The molecule has 0 aliphatic carbocycles. The van der Waals surface area contributed by atoms with Crippen LogP contribution in [-0.2, 0) is 0 Å². The topological polar surface area (TPSA) is 81.8 Å². The third kappa shape index (κ3) is 1.91. The average Bonchev–Trinajstić information content (AvgIpc) is 2.80. The molecule has 19 heavy (non-hydrogen) atoms. The Balaban J connectivity index is 2.12. The van der Waals surface area contributed by atoms with E-state index in [0.29, 0.717) is 36.0 Å². The van der Waals surface area contributed by atoms with Gasteiger partial charge in [0.05, 0.1) is 11.3 Å². The molecule has 0 bridgehead atoms. The van der Waals surface area contributed by atoms with Crippen LogP contribution in [0.4, 0.5) is 0 Å². The number of hydrogen-bond donors (Lipinski definition) is 1. The first-order valence-electron chi connectivity index (χ1n) is 5.76. The van der Waals surface area contributed by atoms with Crippen molar-refractivity contribution >= 4 is 5.97 Å². The van der Waals surface area contributed by atoms with Gasteiger partial charge in [-0.15, -0.1) is 0 Å². The van der Waals surface area contributed by atoms with Crippen LogP contribution in [0.1, 0.15) is 16.2 Å². The highest BCUT2D eigenvalue weighted by Crippen LogP contribution is 2.39. The molecule has 1 aromatic carbocycles. The molecule has 1 N–H and O–H groups in total. The molecule has 98 valence electrons. The van der Waals surface area contributed by atoms with Crippen molar-refractivity contribution in [1.29, 1.82) is 0 Å². The highest BCUT2D eigenvalue weighted by molar-refractivity contribution is 5.86. The number of benzene rings is 1. The monoisotopic (exact) mass is 261 g/mol. The molecule has 1 aliphatic rings. The van der Waals surface area contributed by atoms with Crippen molar-refractivity contribution in [2.45, 2.75) is 6.92 Å². The molecule has 0 amide bonds. The van der Waals surface area contributed by atoms with Crippen molar-refractivity contribution in [2.24, 2.45) is 0 Å². The summed E-state index contributed by atoms with van der Waals surface area (Å²) in [6.45, 7) is 2.51. The number of aromatic carboxylic acids is 1. The lowest BCUT2D eigenvalue weighted by atomic mass is 10.1. The van der Waals surface area contributed by atoms with Gasteiger partial charge in [-0.2, -0.15) is 0 Å². The molecule has 0 saturated heterocycles. The largest absolute Gasteiger partial charge is 0.486 e. The van der Waals surface area contributed by atoms with E-state index in [1.165, 1.54) is 0 Å². The van der Waals surface area contributed by atoms with Gasteiger partial charge in [0.25, 0.3) is 0 Å². The molecule has 6 heteroatoms. The summed E-state index contributed by atoms with van der Waals surface area (Å²) in [7, 11) is 0. The molecule has 0 saturated carbocycles. The van der Waals surface area contributed by atoms with Gasteiger partial charge in [0.15, 0.2) is 11.5 Å². The number of aromatic nitrogens is 1. The Kier molecular flexibility index (Phi) is 2.63. The van der Waals surface area contributed by atoms with E-state index >= 15 is 0 Å². The predicted molar refractivity (Wildman–Crippen MR) is 64.6 cm³/mol. The van der Waals surface area contributed by atoms with Gasteiger partial charge in [-0.05, 0) is 19.1 Å². The van der Waals surface area contributed by atoms with Crippen LogP contribution in [-0.4, -0.2) is 29.3 Å². The fraction of sp³-hybridized carbons (Fsp3) is 0.231. The van der Waals surface area contributed by atoms with Crippen molar-refractivity contribution in [3.05, 3.63) is 29.7 Å². The number of nitrogens with zero attached hydrogens (tertiary/aromatic N) is 1. The van der Waals surface area contributed by atoms with Crippen molar-refractivity contribution in [2.75, 3.05) is 13.2 Å². The summed E-state index contributed by atoms with van der Waals surface area (Å²) in [5.74, 6) is 0.0585. The Labute approximate surface area is 108 Å². The van der Waals surface area contributed by atoms with Crippen LogP contribution in [0.15, 0.2) is 22.6 Å². The smallest absolute Gasteiger partial charge is 0.373 e. The summed E-state index contributed by atoms with van der Waals surface area (Å²) in [5, 5.41) is 8.97. The van der Waals surface area contributed by atoms with Crippen molar-refractivity contribution in [1.82, 2.24) is 4.98 Å². The summed E-state index contributed by atoms with van der Waals surface area (Å²) in [4.78, 5) is 15.1. The summed E-state index contributed by atoms with van der Waals surface area (Å²) in [6, 6.07) is 5.32. The van der Waals surface area contributed by atoms with Gasteiger partial charge < -0.3 is 19.0 Å². The highest BCUT2D eigenvalue weighted by atomic mass is 16.6. The second-order valence-corrected chi connectivity index (χ2v) is 4.07. The summed E-state index contributed by atoms with van der Waals surface area (Å²) < 4.78 is 16.3. The number of carbonyl (C=O) groups is 1. The van der Waals surface area contributed by atoms with Gasteiger partial charge in [0.2, 0.25) is 11.7 Å². The zero-order chi connectivity index (χ0) is 13.4. The number of carboxylic acid groups (broad SMARTS) is 1. The molecular weight excluding hydrogens is 250 g/mol. The second kappa shape index (κ2) is 4.31. The van der Waals surface area contributed by atoms with E-state index in [2.05, 4.69) is 4.98 Å². The van der Waals surface area contributed by atoms with E-state index in [4.69, 9.17) is 19.0 Å². The fourth-order valence-electron chi connectivity index (χ4n) is 1.95. The normalized spacial score (nSPS) is 13.3. The second-order valence-electron chi connectivity index (χ2n) is 4.07. The number of fused-ring (bicyclic) bond motifs is 1. The Bertz CT molecular complexity index is 646. The number of oxazole rings is 1. The number of aryl methyl sites for hydroxylation is 1. The van der Waals surface area contributed by atoms with E-state index in [-0.39, 0.29) is 11.7 Å². The van der Waals surface area contributed by atoms with E-state index in [1.807, 2.05) is 0 Å². The van der Waals surface area contributed by atoms with E-state index in [9.17, 15) is 4.79 Å². The summed E-state index contributed by atoms with van der Waals surface area (Å²) in [5.41, 5.74) is 0.921. The van der Waals surface area contributed by atoms with Gasteiger partial charge in [-0.1, -0.05) is 6.07 Å². The zero-order valence-electron chi connectivity index (χ0n) is 10.2. The standard InChI is InChI=1S/C13H11NO5/c1-7-10(13(15)16)19-12(14-7)8-3-2-4-9-11(8)18-6-5-17-9/h2-4H,5-6H2,1H3,(H,15,16). The van der Waals surface area contributed by atoms with Crippen LogP contribution in [0, 0.1) is 6.92 Å². The predicted octanol–water partition coefficient (Wildman–Crippen LogP) is 2.12. The average molecular weight is 261 g/mol. The van der Waals surface area contributed by atoms with Crippen molar-refractivity contribution < 1.29 is 23.8 Å². The summed E-state index contributed by atoms with van der Waals surface area (Å²) >= 11 is 0. The number of rotatable bonds is 2. The van der Waals surface area contributed by atoms with E-state index in [1.54, 1.807) is 25.1 Å². The van der Waals surface area contributed by atoms with Gasteiger partial charge in [-0.25, -0.2) is 9.78 Å². The maximum Gasteiger partial charge on any atom is 0.373 e. The minimum absolute atomic E-state index is 0.163. The number of carboxylic acids is 1. The molecule has 1 aliphatic heterocycles. The first-order valence-corrected chi connectivity index (χ1v) is 5.76. The molecule has 2 aromatic rings. The molecule has 0 spiro atoms. The van der Waals surface area contributed by atoms with Crippen LogP contribution in [0.2, 0.25) is 0 Å². The van der Waals surface area contributed by atoms with Crippen LogP contribution < -0.4 is 9.47 Å². The van der Waals surface area contributed by atoms with Gasteiger partial charge in [0.1, 0.15) is 13.2 Å². The highest BCUT2D eigenvalue weighted by Gasteiger charge is 2.23. The third-order valence-corrected chi connectivity index (χ3v) is 2.79. The molecular formula is C13H11NO5. The van der Waals surface area contributed by atoms with Crippen LogP contribution >= 0.6 is 0 Å². The van der Waals surface area contributed by atoms with Gasteiger partial charge in [-0.3, -0.25) is 0 Å². The first-order chi connectivity index (χ1) is 9.16. The van der Waals surface area contributed by atoms with Gasteiger partial charge >= 0.3 is 5.97 Å². The van der Waals surface area contributed by atoms with Crippen molar-refractivity contribution in [3.8, 4) is 23.0 Å². The van der Waals surface area contributed by atoms with E-state index in [0.717, 1.165) is 0 Å². The third-order valence-electron chi connectivity index (χ3n) is 2.79. The molecule has 6 nitrogen and oxygen atoms in total. The Morgan fingerprint density at radius 1 is 1.32 bits per heavy atom. The Hall–Kier alpha value is -2.50. The molecule has 0 fully saturated rings. The lowest BCUT2D eigenvalue weighted by molar-refractivity contribution is 0.0662. The lowest BCUT2D eigenvalue weighted by Gasteiger charge is -2.19. The molecule has 0 radical (unpaired) electrons. The van der Waals surface area contributed by atoms with Crippen molar-refractivity contribution in [3.63, 3.8) is 0 Å². The SMILES string of the molecule is Cc1nc(-c2cccc3c2OCCO3)oc1C(=O)O. The van der Waals surface area contributed by atoms with Gasteiger partial charge in [0, 0.05) is 0 Å². The first kappa shape index (κ1) is 11.6. The van der Waals surface area contributed by atoms with Crippen LogP contribution in [0.5, 0.6) is 11.5 Å². The van der Waals surface area contributed by atoms with Crippen LogP contribution in [0.25, 0.3) is 11.5 Å². The molecule has 1 aromatic heterocycles. The zero-order valence-corrected chi connectivity index (χ0v) is 10.2. The number of ether oxygens (including phenoxy) is 2. The quantitative estimate of drug-likeness (QED) is 0.891. The number of hydrogen-bond acceptors (Lipinski definition) is 5. The Morgan fingerprint density at radius 2 is 2.11 bits per heavy atom. The maximum absolute atomic E-state index is 11.0. The molecule has 0 unspecified atom stereocenters. The number of para-hydroxylation sites is 1. The van der Waals surface area contributed by atoms with Crippen LogP contribution in [0.3, 0.4) is 0 Å². The fourth-order valence-corrected chi connectivity index (χ4v) is 1.95. The minimum Gasteiger partial charge on any atom is -0.486 e. The molecule has 2 heterocycles. The minimum atomic E-state index is -1.14. The Morgan fingerprint density at radius 3 is 2.84 bits per heavy atom. The maximum atomic E-state index is 11.0. The molecule has 3 rings (SSSR count).